The molecule has 1 amide bonds. The molecule has 156 valence electrons. The molecule has 1 aliphatic rings. The van der Waals surface area contributed by atoms with Gasteiger partial charge in [-0.2, -0.15) is 39.5 Å². The van der Waals surface area contributed by atoms with Crippen LogP contribution in [0.4, 0.5) is 50.9 Å². The first kappa shape index (κ1) is 21.6. The Morgan fingerprint density at radius 2 is 1.39 bits per heavy atom. The molecule has 1 atom stereocenters. The first-order valence-corrected chi connectivity index (χ1v) is 6.88. The lowest BCUT2D eigenvalue weighted by atomic mass is 9.89. The maximum atomic E-state index is 14.4. The number of carbonyl (C=O) groups is 1. The summed E-state index contributed by atoms with van der Waals surface area (Å²) in [4.78, 5) is 11.9. The summed E-state index contributed by atoms with van der Waals surface area (Å²) in [5, 5.41) is 23.6. The van der Waals surface area contributed by atoms with Gasteiger partial charge in [0.2, 0.25) is 5.71 Å². The van der Waals surface area contributed by atoms with Gasteiger partial charge in [0.1, 0.15) is 0 Å². The highest BCUT2D eigenvalue weighted by Crippen LogP contribution is 2.56. The van der Waals surface area contributed by atoms with E-state index < -0.39 is 52.7 Å². The molecular weight excluding hydrogens is 417 g/mol. The molecule has 0 radical (unpaired) electrons. The van der Waals surface area contributed by atoms with E-state index in [1.807, 2.05) is 5.16 Å². The molecule has 0 bridgehead atoms. The topological polar surface area (TPSA) is 94.0 Å². The second-order valence-electron chi connectivity index (χ2n) is 5.50. The standard InChI is InChI=1S/C13H8F9N3O3/c14-10(15,11(16,17)12(18,19)13(20,21)22)9(27)7(25-28)8(26)23-5-3-1-2-4-6(5)24-9/h1-4,24,27-28H,(H,23,26). The van der Waals surface area contributed by atoms with Crippen LogP contribution in [0.2, 0.25) is 0 Å². The molecule has 1 heterocycles. The summed E-state index contributed by atoms with van der Waals surface area (Å²) < 4.78 is 119. The molecule has 0 spiro atoms. The zero-order chi connectivity index (χ0) is 21.8. The summed E-state index contributed by atoms with van der Waals surface area (Å²) >= 11 is 0. The lowest BCUT2D eigenvalue weighted by Gasteiger charge is -2.41. The van der Waals surface area contributed by atoms with Gasteiger partial charge in [0.05, 0.1) is 11.4 Å². The van der Waals surface area contributed by atoms with Gasteiger partial charge in [-0.1, -0.05) is 17.3 Å². The number of benzene rings is 1. The number of anilines is 2. The Morgan fingerprint density at radius 1 is 0.893 bits per heavy atom. The van der Waals surface area contributed by atoms with Gasteiger partial charge in [0.25, 0.3) is 11.6 Å². The van der Waals surface area contributed by atoms with Gasteiger partial charge in [-0.3, -0.25) is 4.79 Å². The maximum absolute atomic E-state index is 14.4. The van der Waals surface area contributed by atoms with Crippen LogP contribution in [0.15, 0.2) is 29.4 Å². The van der Waals surface area contributed by atoms with Crippen molar-refractivity contribution in [3.8, 4) is 0 Å². The summed E-state index contributed by atoms with van der Waals surface area (Å²) in [6.07, 6.45) is -7.16. The van der Waals surface area contributed by atoms with Crippen LogP contribution in [0.1, 0.15) is 0 Å². The van der Waals surface area contributed by atoms with Crippen molar-refractivity contribution in [2.75, 3.05) is 10.6 Å². The minimum absolute atomic E-state index is 0.466. The van der Waals surface area contributed by atoms with Gasteiger partial charge in [0.15, 0.2) is 0 Å². The Kier molecular flexibility index (Phi) is 4.74. The molecule has 1 unspecified atom stereocenters. The van der Waals surface area contributed by atoms with Crippen LogP contribution in [0.3, 0.4) is 0 Å². The van der Waals surface area contributed by atoms with Crippen LogP contribution >= 0.6 is 0 Å². The van der Waals surface area contributed by atoms with Crippen molar-refractivity contribution in [3.63, 3.8) is 0 Å². The van der Waals surface area contributed by atoms with E-state index in [-0.39, 0.29) is 0 Å². The fraction of sp³-hybridized carbons (Fsp3) is 0.385. The van der Waals surface area contributed by atoms with Gasteiger partial charge in [-0.25, -0.2) is 0 Å². The van der Waals surface area contributed by atoms with Gasteiger partial charge in [-0.15, -0.1) is 0 Å². The van der Waals surface area contributed by atoms with Crippen molar-refractivity contribution < 1.29 is 54.6 Å². The van der Waals surface area contributed by atoms with E-state index in [9.17, 15) is 49.4 Å². The van der Waals surface area contributed by atoms with E-state index in [2.05, 4.69) is 0 Å². The number of oxime groups is 1. The number of aliphatic hydroxyl groups is 1. The molecule has 0 saturated carbocycles. The van der Waals surface area contributed by atoms with Crippen LogP contribution in [-0.4, -0.2) is 51.6 Å². The molecule has 1 aromatic carbocycles. The molecule has 0 fully saturated rings. The Bertz CT molecular complexity index is 825. The minimum Gasteiger partial charge on any atom is -0.410 e. The molecule has 0 aromatic heterocycles. The highest BCUT2D eigenvalue weighted by Gasteiger charge is 2.87. The predicted molar refractivity (Wildman–Crippen MR) is 73.8 cm³/mol. The number of alkyl halides is 9. The third-order valence-corrected chi connectivity index (χ3v) is 3.75. The van der Waals surface area contributed by atoms with Crippen LogP contribution in [-0.2, 0) is 4.79 Å². The zero-order valence-corrected chi connectivity index (χ0v) is 13.0. The zero-order valence-electron chi connectivity index (χ0n) is 13.0. The number of nitrogens with zero attached hydrogens (tertiary/aromatic N) is 1. The Hall–Kier alpha value is -2.71. The lowest BCUT2D eigenvalue weighted by molar-refractivity contribution is -0.408. The van der Waals surface area contributed by atoms with Crippen molar-refractivity contribution in [2.24, 2.45) is 5.16 Å². The highest BCUT2D eigenvalue weighted by atomic mass is 19.4. The van der Waals surface area contributed by atoms with Gasteiger partial charge < -0.3 is 20.9 Å². The highest BCUT2D eigenvalue weighted by molar-refractivity contribution is 6.47. The number of fused-ring (bicyclic) bond motifs is 1. The van der Waals surface area contributed by atoms with Gasteiger partial charge in [-0.05, 0) is 12.1 Å². The van der Waals surface area contributed by atoms with Crippen LogP contribution in [0, 0.1) is 0 Å². The molecule has 6 nitrogen and oxygen atoms in total. The van der Waals surface area contributed by atoms with E-state index in [0.29, 0.717) is 0 Å². The predicted octanol–water partition coefficient (Wildman–Crippen LogP) is 3.04. The first-order chi connectivity index (χ1) is 12.5. The van der Waals surface area contributed by atoms with Crippen LogP contribution < -0.4 is 10.6 Å². The minimum atomic E-state index is -7.34. The number of nitrogens with one attached hydrogen (secondary N) is 2. The lowest BCUT2D eigenvalue weighted by Crippen LogP contribution is -2.73. The Labute approximate surface area is 148 Å². The molecule has 0 saturated heterocycles. The molecule has 0 aliphatic carbocycles. The van der Waals surface area contributed by atoms with Crippen molar-refractivity contribution in [1.82, 2.24) is 0 Å². The first-order valence-electron chi connectivity index (χ1n) is 6.88. The van der Waals surface area contributed by atoms with Gasteiger partial charge >= 0.3 is 23.9 Å². The fourth-order valence-corrected chi connectivity index (χ4v) is 2.25. The number of rotatable bonds is 3. The number of carbonyl (C=O) groups excluding carboxylic acids is 1. The molecule has 2 rings (SSSR count). The number of hydrogen-bond donors (Lipinski definition) is 4. The van der Waals surface area contributed by atoms with Crippen LogP contribution in [0.5, 0.6) is 0 Å². The summed E-state index contributed by atoms with van der Waals surface area (Å²) in [7, 11) is 0. The molecule has 1 aromatic rings. The van der Waals surface area contributed by atoms with E-state index in [4.69, 9.17) is 5.21 Å². The molecule has 1 aliphatic heterocycles. The van der Waals surface area contributed by atoms with Gasteiger partial charge in [0, 0.05) is 0 Å². The average Bonchev–Trinajstić information content (AvgIpc) is 2.66. The average molecular weight is 425 g/mol. The SMILES string of the molecule is O=C1Nc2ccccc2NC(O)(C(F)(F)C(F)(F)C(F)(F)C(F)(F)F)C1=NO. The second kappa shape index (κ2) is 6.15. The van der Waals surface area contributed by atoms with Crippen molar-refractivity contribution in [2.45, 2.75) is 29.7 Å². The fourth-order valence-electron chi connectivity index (χ4n) is 2.25. The summed E-state index contributed by atoms with van der Waals surface area (Å²) in [5.41, 5.74) is -8.50. The number of para-hydroxylation sites is 2. The summed E-state index contributed by atoms with van der Waals surface area (Å²) in [5.74, 6) is -23.3. The molecule has 15 heteroatoms. The Balaban J connectivity index is 2.74. The van der Waals surface area contributed by atoms with Crippen molar-refractivity contribution >= 4 is 23.0 Å². The third kappa shape index (κ3) is 2.71. The Morgan fingerprint density at radius 3 is 1.86 bits per heavy atom. The maximum Gasteiger partial charge on any atom is 0.460 e. The third-order valence-electron chi connectivity index (χ3n) is 3.75. The van der Waals surface area contributed by atoms with Crippen molar-refractivity contribution in [3.05, 3.63) is 24.3 Å². The molecule has 4 N–H and O–H groups in total. The molecule has 28 heavy (non-hydrogen) atoms. The van der Waals surface area contributed by atoms with Crippen LogP contribution in [0.25, 0.3) is 0 Å². The second-order valence-corrected chi connectivity index (χ2v) is 5.50. The number of amides is 1. The number of halogens is 9. The number of hydrogen-bond acceptors (Lipinski definition) is 5. The summed E-state index contributed by atoms with van der Waals surface area (Å²) in [6, 6.07) is 4.00. The monoisotopic (exact) mass is 425 g/mol. The van der Waals surface area contributed by atoms with E-state index in [0.717, 1.165) is 18.2 Å². The molecular formula is C13H8F9N3O3. The van der Waals surface area contributed by atoms with Crippen molar-refractivity contribution in [1.29, 1.82) is 0 Å². The van der Waals surface area contributed by atoms with E-state index in [1.165, 1.54) is 11.4 Å². The smallest absolute Gasteiger partial charge is 0.410 e. The normalized spacial score (nSPS) is 22.9. The largest absolute Gasteiger partial charge is 0.460 e. The quantitative estimate of drug-likeness (QED) is 0.340. The van der Waals surface area contributed by atoms with E-state index >= 15 is 0 Å². The summed E-state index contributed by atoms with van der Waals surface area (Å²) in [6.45, 7) is 0. The van der Waals surface area contributed by atoms with E-state index in [1.54, 1.807) is 5.32 Å².